The van der Waals surface area contributed by atoms with Gasteiger partial charge in [0.25, 0.3) is 0 Å². The standard InChI is InChI=1S/C22H28ClN5O2.HI/c1-2-24-22(25-15-21(30)26-19-6-8-20(29)9-7-19)28-12-10-27(11-13-28)16-17-4-3-5-18(23)14-17;/h3-9,14,29H,2,10-13,15-16H2,1H3,(H,24,25)(H,26,30);1H. The quantitative estimate of drug-likeness (QED) is 0.220. The topological polar surface area (TPSA) is 80.2 Å². The Morgan fingerprint density at radius 3 is 2.48 bits per heavy atom. The number of hydrogen-bond donors (Lipinski definition) is 3. The first-order valence-electron chi connectivity index (χ1n) is 10.1. The number of carbonyl (C=O) groups excluding carboxylic acids is 1. The zero-order chi connectivity index (χ0) is 21.3. The molecule has 0 atom stereocenters. The van der Waals surface area contributed by atoms with Crippen molar-refractivity contribution >= 4 is 53.1 Å². The molecule has 7 nitrogen and oxygen atoms in total. The van der Waals surface area contributed by atoms with E-state index in [-0.39, 0.29) is 42.2 Å². The summed E-state index contributed by atoms with van der Waals surface area (Å²) in [6.07, 6.45) is 0. The maximum Gasteiger partial charge on any atom is 0.246 e. The van der Waals surface area contributed by atoms with Crippen LogP contribution in [-0.2, 0) is 11.3 Å². The summed E-state index contributed by atoms with van der Waals surface area (Å²) in [7, 11) is 0. The summed E-state index contributed by atoms with van der Waals surface area (Å²) in [6, 6.07) is 14.3. The van der Waals surface area contributed by atoms with Crippen LogP contribution in [0.25, 0.3) is 0 Å². The molecule has 0 bridgehead atoms. The molecule has 0 unspecified atom stereocenters. The fourth-order valence-electron chi connectivity index (χ4n) is 3.33. The van der Waals surface area contributed by atoms with Gasteiger partial charge in [-0.15, -0.1) is 24.0 Å². The number of aromatic hydroxyl groups is 1. The average Bonchev–Trinajstić information content (AvgIpc) is 2.73. The Kier molecular flexibility index (Phi) is 10.4. The van der Waals surface area contributed by atoms with E-state index in [0.717, 1.165) is 50.3 Å². The molecule has 0 spiro atoms. The minimum absolute atomic E-state index is 0. The fourth-order valence-corrected chi connectivity index (χ4v) is 3.54. The number of amides is 1. The Morgan fingerprint density at radius 2 is 1.84 bits per heavy atom. The predicted molar refractivity (Wildman–Crippen MR) is 136 cm³/mol. The van der Waals surface area contributed by atoms with Crippen LogP contribution < -0.4 is 10.6 Å². The molecule has 3 rings (SSSR count). The minimum atomic E-state index is -0.198. The van der Waals surface area contributed by atoms with Crippen molar-refractivity contribution in [3.63, 3.8) is 0 Å². The largest absolute Gasteiger partial charge is 0.508 e. The Bertz CT molecular complexity index is 870. The maximum absolute atomic E-state index is 12.2. The lowest BCUT2D eigenvalue weighted by molar-refractivity contribution is -0.114. The number of phenols is 1. The van der Waals surface area contributed by atoms with E-state index in [0.29, 0.717) is 5.69 Å². The molecule has 9 heteroatoms. The number of aliphatic imine (C=N–C) groups is 1. The van der Waals surface area contributed by atoms with Crippen LogP contribution in [0, 0.1) is 0 Å². The molecular formula is C22H29ClIN5O2. The smallest absolute Gasteiger partial charge is 0.246 e. The number of guanidine groups is 1. The lowest BCUT2D eigenvalue weighted by atomic mass is 10.2. The second-order valence-electron chi connectivity index (χ2n) is 7.16. The number of anilines is 1. The van der Waals surface area contributed by atoms with Crippen LogP contribution >= 0.6 is 35.6 Å². The van der Waals surface area contributed by atoms with Gasteiger partial charge in [-0.1, -0.05) is 23.7 Å². The molecule has 1 saturated heterocycles. The van der Waals surface area contributed by atoms with Gasteiger partial charge in [-0.25, -0.2) is 4.99 Å². The Morgan fingerprint density at radius 1 is 1.13 bits per heavy atom. The van der Waals surface area contributed by atoms with E-state index in [1.807, 2.05) is 25.1 Å². The molecule has 0 radical (unpaired) electrons. The van der Waals surface area contributed by atoms with Crippen LogP contribution in [0.2, 0.25) is 5.02 Å². The van der Waals surface area contributed by atoms with Crippen molar-refractivity contribution in [2.75, 3.05) is 44.6 Å². The van der Waals surface area contributed by atoms with Gasteiger partial charge in [-0.2, -0.15) is 0 Å². The molecule has 1 amide bonds. The summed E-state index contributed by atoms with van der Waals surface area (Å²) >= 11 is 6.09. The first kappa shape index (κ1) is 25.2. The molecule has 1 aliphatic rings. The van der Waals surface area contributed by atoms with E-state index in [9.17, 15) is 9.90 Å². The first-order chi connectivity index (χ1) is 14.5. The van der Waals surface area contributed by atoms with E-state index in [4.69, 9.17) is 11.6 Å². The first-order valence-corrected chi connectivity index (χ1v) is 10.5. The van der Waals surface area contributed by atoms with E-state index in [1.165, 1.54) is 17.7 Å². The highest BCUT2D eigenvalue weighted by molar-refractivity contribution is 14.0. The third-order valence-electron chi connectivity index (χ3n) is 4.83. The summed E-state index contributed by atoms with van der Waals surface area (Å²) in [5, 5.41) is 16.2. The maximum atomic E-state index is 12.2. The summed E-state index contributed by atoms with van der Waals surface area (Å²) in [6.45, 7) is 7.16. The summed E-state index contributed by atoms with van der Waals surface area (Å²) in [4.78, 5) is 21.3. The van der Waals surface area contributed by atoms with Gasteiger partial charge in [0.15, 0.2) is 5.96 Å². The Labute approximate surface area is 205 Å². The molecule has 0 aromatic heterocycles. The molecule has 1 heterocycles. The third-order valence-corrected chi connectivity index (χ3v) is 5.06. The lowest BCUT2D eigenvalue weighted by Crippen LogP contribution is -2.52. The third kappa shape index (κ3) is 8.19. The van der Waals surface area contributed by atoms with E-state index < -0.39 is 0 Å². The van der Waals surface area contributed by atoms with Gasteiger partial charge in [-0.3, -0.25) is 9.69 Å². The number of piperazine rings is 1. The van der Waals surface area contributed by atoms with E-state index >= 15 is 0 Å². The molecule has 0 saturated carbocycles. The van der Waals surface area contributed by atoms with Crippen LogP contribution in [0.3, 0.4) is 0 Å². The van der Waals surface area contributed by atoms with Crippen molar-refractivity contribution in [2.45, 2.75) is 13.5 Å². The van der Waals surface area contributed by atoms with E-state index in [2.05, 4.69) is 31.5 Å². The number of nitrogens with zero attached hydrogens (tertiary/aromatic N) is 3. The van der Waals surface area contributed by atoms with Gasteiger partial charge in [0, 0.05) is 50.0 Å². The van der Waals surface area contributed by atoms with Gasteiger partial charge in [-0.05, 0) is 48.9 Å². The van der Waals surface area contributed by atoms with Gasteiger partial charge in [0.1, 0.15) is 12.3 Å². The highest BCUT2D eigenvalue weighted by atomic mass is 127. The summed E-state index contributed by atoms with van der Waals surface area (Å²) < 4.78 is 0. The van der Waals surface area contributed by atoms with Crippen molar-refractivity contribution < 1.29 is 9.90 Å². The number of nitrogens with one attached hydrogen (secondary N) is 2. The summed E-state index contributed by atoms with van der Waals surface area (Å²) in [5.74, 6) is 0.714. The molecule has 168 valence electrons. The molecule has 1 aliphatic heterocycles. The van der Waals surface area contributed by atoms with Crippen molar-refractivity contribution in [2.24, 2.45) is 4.99 Å². The van der Waals surface area contributed by atoms with Crippen LogP contribution in [-0.4, -0.2) is 66.0 Å². The van der Waals surface area contributed by atoms with Crippen molar-refractivity contribution in [1.29, 1.82) is 0 Å². The Hall–Kier alpha value is -2.04. The van der Waals surface area contributed by atoms with Crippen LogP contribution in [0.15, 0.2) is 53.5 Å². The average molecular weight is 558 g/mol. The number of halogens is 2. The highest BCUT2D eigenvalue weighted by Gasteiger charge is 2.20. The normalized spacial score (nSPS) is 14.6. The minimum Gasteiger partial charge on any atom is -0.508 e. The monoisotopic (exact) mass is 557 g/mol. The molecular weight excluding hydrogens is 529 g/mol. The van der Waals surface area contributed by atoms with Crippen LogP contribution in [0.4, 0.5) is 5.69 Å². The van der Waals surface area contributed by atoms with Gasteiger partial charge < -0.3 is 20.6 Å². The molecule has 1 fully saturated rings. The van der Waals surface area contributed by atoms with Crippen LogP contribution in [0.1, 0.15) is 12.5 Å². The number of rotatable bonds is 6. The number of hydrogen-bond acceptors (Lipinski definition) is 4. The second kappa shape index (κ2) is 12.7. The van der Waals surface area contributed by atoms with Gasteiger partial charge >= 0.3 is 0 Å². The summed E-state index contributed by atoms with van der Waals surface area (Å²) in [5.41, 5.74) is 1.84. The zero-order valence-corrected chi connectivity index (χ0v) is 20.6. The fraction of sp³-hybridized carbons (Fsp3) is 0.364. The van der Waals surface area contributed by atoms with Crippen molar-refractivity contribution in [1.82, 2.24) is 15.1 Å². The zero-order valence-electron chi connectivity index (χ0n) is 17.6. The van der Waals surface area contributed by atoms with Crippen molar-refractivity contribution in [3.05, 3.63) is 59.1 Å². The van der Waals surface area contributed by atoms with Crippen molar-refractivity contribution in [3.8, 4) is 5.75 Å². The molecule has 3 N–H and O–H groups in total. The number of carbonyl (C=O) groups is 1. The lowest BCUT2D eigenvalue weighted by Gasteiger charge is -2.36. The number of benzene rings is 2. The van der Waals surface area contributed by atoms with Gasteiger partial charge in [0.05, 0.1) is 0 Å². The number of phenolic OH excluding ortho intramolecular Hbond substituents is 1. The Balaban J connectivity index is 0.00000341. The molecule has 2 aromatic rings. The SMILES string of the molecule is CCNC(=NCC(=O)Nc1ccc(O)cc1)N1CCN(Cc2cccc(Cl)c2)CC1.I. The molecule has 2 aromatic carbocycles. The van der Waals surface area contributed by atoms with E-state index in [1.54, 1.807) is 12.1 Å². The second-order valence-corrected chi connectivity index (χ2v) is 7.59. The highest BCUT2D eigenvalue weighted by Crippen LogP contribution is 2.15. The van der Waals surface area contributed by atoms with Gasteiger partial charge in [0.2, 0.25) is 5.91 Å². The predicted octanol–water partition coefficient (Wildman–Crippen LogP) is 3.39. The van der Waals surface area contributed by atoms with Crippen LogP contribution in [0.5, 0.6) is 5.75 Å². The molecule has 31 heavy (non-hydrogen) atoms. The molecule has 0 aliphatic carbocycles.